The van der Waals surface area contributed by atoms with Crippen LogP contribution < -0.4 is 0 Å². The Kier molecular flexibility index (Phi) is 2.67. The van der Waals surface area contributed by atoms with Gasteiger partial charge in [0.1, 0.15) is 0 Å². The zero-order chi connectivity index (χ0) is 12.0. The second-order valence-corrected chi connectivity index (χ2v) is 4.92. The van der Waals surface area contributed by atoms with Gasteiger partial charge >= 0.3 is 0 Å². The Balaban J connectivity index is 2.59. The summed E-state index contributed by atoms with van der Waals surface area (Å²) in [7, 11) is 0. The summed E-state index contributed by atoms with van der Waals surface area (Å²) < 4.78 is 0. The fraction of sp³-hybridized carbons (Fsp3) is 0. The average Bonchev–Trinajstić information content (AvgIpc) is 2.31. The number of hydrogen-bond acceptors (Lipinski definition) is 0. The van der Waals surface area contributed by atoms with Crippen LogP contribution in [0.2, 0.25) is 15.1 Å². The van der Waals surface area contributed by atoms with Gasteiger partial charge in [-0.1, -0.05) is 46.9 Å². The Morgan fingerprint density at radius 3 is 2.59 bits per heavy atom. The molecule has 3 heteroatoms. The van der Waals surface area contributed by atoms with Gasteiger partial charge in [0.25, 0.3) is 0 Å². The summed E-state index contributed by atoms with van der Waals surface area (Å²) in [5.74, 6) is 0. The number of rotatable bonds is 0. The molecule has 82 valence electrons. The lowest BCUT2D eigenvalue weighted by Gasteiger charge is -2.06. The van der Waals surface area contributed by atoms with Crippen LogP contribution in [-0.4, -0.2) is 0 Å². The monoisotopic (exact) mass is 278 g/mol. The van der Waals surface area contributed by atoms with E-state index in [9.17, 15) is 0 Å². The Morgan fingerprint density at radius 1 is 0.941 bits per heavy atom. The minimum atomic E-state index is 0.428. The lowest BCUT2D eigenvalue weighted by Crippen LogP contribution is -1.80. The summed E-state index contributed by atoms with van der Waals surface area (Å²) in [6.45, 7) is 0. The minimum absolute atomic E-state index is 0.428. The van der Waals surface area contributed by atoms with Crippen molar-refractivity contribution in [2.45, 2.75) is 0 Å². The number of halogens is 3. The second-order valence-electron chi connectivity index (χ2n) is 3.73. The molecule has 0 aromatic heterocycles. The molecule has 0 heterocycles. The molecule has 0 amide bonds. The van der Waals surface area contributed by atoms with Gasteiger partial charge < -0.3 is 0 Å². The van der Waals surface area contributed by atoms with E-state index in [2.05, 4.69) is 12.1 Å². The summed E-state index contributed by atoms with van der Waals surface area (Å²) in [4.78, 5) is 0. The zero-order valence-electron chi connectivity index (χ0n) is 8.52. The highest BCUT2D eigenvalue weighted by molar-refractivity contribution is 6.43. The van der Waals surface area contributed by atoms with Gasteiger partial charge in [-0.05, 0) is 40.4 Å². The zero-order valence-corrected chi connectivity index (χ0v) is 10.8. The van der Waals surface area contributed by atoms with Crippen LogP contribution in [-0.2, 0) is 0 Å². The van der Waals surface area contributed by atoms with Crippen molar-refractivity contribution in [3.05, 3.63) is 57.5 Å². The molecule has 3 aromatic carbocycles. The molecule has 0 nitrogen and oxygen atoms in total. The molecule has 0 aliphatic rings. The lowest BCUT2D eigenvalue weighted by atomic mass is 10.0. The van der Waals surface area contributed by atoms with Gasteiger partial charge in [-0.3, -0.25) is 0 Å². The fourth-order valence-corrected chi connectivity index (χ4v) is 2.51. The van der Waals surface area contributed by atoms with E-state index in [-0.39, 0.29) is 0 Å². The quantitative estimate of drug-likeness (QED) is 0.473. The van der Waals surface area contributed by atoms with E-state index in [4.69, 9.17) is 34.8 Å². The molecule has 3 aromatic rings. The first-order valence-electron chi connectivity index (χ1n) is 4.96. The first-order valence-corrected chi connectivity index (χ1v) is 6.09. The van der Waals surface area contributed by atoms with Crippen molar-refractivity contribution in [1.29, 1.82) is 0 Å². The molecule has 0 unspecified atom stereocenters. The van der Waals surface area contributed by atoms with Crippen molar-refractivity contribution in [3.63, 3.8) is 0 Å². The molecular weight excluding hydrogens is 275 g/mol. The van der Waals surface area contributed by atoms with Gasteiger partial charge in [-0.25, -0.2) is 0 Å². The molecule has 0 atom stereocenters. The molecule has 0 fully saturated rings. The van der Waals surface area contributed by atoms with Crippen LogP contribution in [0, 0.1) is 12.1 Å². The van der Waals surface area contributed by atoms with Crippen molar-refractivity contribution in [1.82, 2.24) is 0 Å². The van der Waals surface area contributed by atoms with E-state index < -0.39 is 0 Å². The van der Waals surface area contributed by atoms with Gasteiger partial charge in [0, 0.05) is 16.5 Å². The largest absolute Gasteiger partial charge is 0.0836 e. The van der Waals surface area contributed by atoms with Crippen LogP contribution in [0.15, 0.2) is 30.3 Å². The third kappa shape index (κ3) is 1.77. The lowest BCUT2D eigenvalue weighted by molar-refractivity contribution is 1.74. The molecular formula is C14H5Cl3. The molecule has 0 N–H and O–H groups in total. The van der Waals surface area contributed by atoms with E-state index in [1.165, 1.54) is 0 Å². The predicted molar refractivity (Wildman–Crippen MR) is 74.2 cm³/mol. The third-order valence-electron chi connectivity index (χ3n) is 2.69. The van der Waals surface area contributed by atoms with Crippen molar-refractivity contribution in [2.24, 2.45) is 0 Å². The van der Waals surface area contributed by atoms with Crippen molar-refractivity contribution in [3.8, 4) is 0 Å². The molecule has 0 saturated carbocycles. The molecule has 0 saturated heterocycles. The molecule has 0 bridgehead atoms. The Labute approximate surface area is 114 Å². The maximum absolute atomic E-state index is 6.21. The standard InChI is InChI=1S/C14H5Cl3/c15-11-3-1-2-8-4-5-9-6-12(16)13(17)7-10(9)14(8)11/h2-5,7H. The van der Waals surface area contributed by atoms with E-state index in [1.54, 1.807) is 6.07 Å². The topological polar surface area (TPSA) is 0 Å². The van der Waals surface area contributed by atoms with Gasteiger partial charge in [0.15, 0.2) is 0 Å². The Hall–Kier alpha value is -0.950. The van der Waals surface area contributed by atoms with Gasteiger partial charge in [-0.2, -0.15) is 0 Å². The Morgan fingerprint density at radius 2 is 1.76 bits per heavy atom. The van der Waals surface area contributed by atoms with Gasteiger partial charge in [-0.15, -0.1) is 0 Å². The summed E-state index contributed by atoms with van der Waals surface area (Å²) in [6, 6.07) is 15.4. The van der Waals surface area contributed by atoms with Gasteiger partial charge in [0.2, 0.25) is 0 Å². The van der Waals surface area contributed by atoms with Crippen LogP contribution in [0.1, 0.15) is 0 Å². The molecule has 17 heavy (non-hydrogen) atoms. The minimum Gasteiger partial charge on any atom is -0.0836 e. The Bertz CT molecular complexity index is 732. The average molecular weight is 280 g/mol. The van der Waals surface area contributed by atoms with E-state index in [0.29, 0.717) is 15.1 Å². The highest BCUT2D eigenvalue weighted by Gasteiger charge is 2.07. The van der Waals surface area contributed by atoms with Gasteiger partial charge in [0.05, 0.1) is 10.0 Å². The number of hydrogen-bond donors (Lipinski definition) is 0. The van der Waals surface area contributed by atoms with Crippen molar-refractivity contribution >= 4 is 56.3 Å². The maximum atomic E-state index is 6.21. The SMILES string of the molecule is Clc1[c]c2ccc3c[c]cc(Cl)c3c2cc1Cl. The van der Waals surface area contributed by atoms with Crippen LogP contribution in [0.25, 0.3) is 21.5 Å². The summed E-state index contributed by atoms with van der Waals surface area (Å²) in [5, 5.41) is 5.40. The van der Waals surface area contributed by atoms with E-state index >= 15 is 0 Å². The summed E-state index contributed by atoms with van der Waals surface area (Å²) >= 11 is 18.2. The molecule has 0 aliphatic heterocycles. The third-order valence-corrected chi connectivity index (χ3v) is 3.68. The molecule has 2 radical (unpaired) electrons. The van der Waals surface area contributed by atoms with Crippen LogP contribution in [0.5, 0.6) is 0 Å². The second kappa shape index (κ2) is 4.06. The van der Waals surface area contributed by atoms with Crippen molar-refractivity contribution < 1.29 is 0 Å². The van der Waals surface area contributed by atoms with E-state index in [1.807, 2.05) is 24.3 Å². The normalized spacial score (nSPS) is 11.2. The summed E-state index contributed by atoms with van der Waals surface area (Å²) in [6.07, 6.45) is 0. The van der Waals surface area contributed by atoms with E-state index in [0.717, 1.165) is 21.5 Å². The summed E-state index contributed by atoms with van der Waals surface area (Å²) in [5.41, 5.74) is 0. The number of fused-ring (bicyclic) bond motifs is 3. The predicted octanol–water partition coefficient (Wildman–Crippen LogP) is 5.55. The molecule has 0 spiro atoms. The van der Waals surface area contributed by atoms with Crippen LogP contribution in [0.3, 0.4) is 0 Å². The fourth-order valence-electron chi connectivity index (χ4n) is 1.93. The van der Waals surface area contributed by atoms with Crippen molar-refractivity contribution in [2.75, 3.05) is 0 Å². The molecule has 3 rings (SSSR count). The van der Waals surface area contributed by atoms with Crippen LogP contribution >= 0.6 is 34.8 Å². The van der Waals surface area contributed by atoms with Crippen LogP contribution in [0.4, 0.5) is 0 Å². The highest BCUT2D eigenvalue weighted by atomic mass is 35.5. The maximum Gasteiger partial charge on any atom is 0.0677 e. The first-order chi connectivity index (χ1) is 8.16. The number of benzene rings is 3. The first kappa shape index (κ1) is 11.2. The molecule has 0 aliphatic carbocycles. The smallest absolute Gasteiger partial charge is 0.0677 e. The highest BCUT2D eigenvalue weighted by Crippen LogP contribution is 2.35.